The fraction of sp³-hybridized carbons (Fsp3) is 0.583. The van der Waals surface area contributed by atoms with E-state index in [0.717, 1.165) is 44.3 Å². The molecule has 0 unspecified atom stereocenters. The lowest BCUT2D eigenvalue weighted by Gasteiger charge is -2.42. The van der Waals surface area contributed by atoms with Crippen LogP contribution >= 0.6 is 0 Å². The minimum Gasteiger partial charge on any atom is -0.493 e. The molecule has 0 spiro atoms. The van der Waals surface area contributed by atoms with Crippen molar-refractivity contribution in [2.45, 2.75) is 50.0 Å². The van der Waals surface area contributed by atoms with Crippen LogP contribution in [0.4, 0.5) is 5.95 Å². The summed E-state index contributed by atoms with van der Waals surface area (Å²) in [7, 11) is -3.16. The summed E-state index contributed by atoms with van der Waals surface area (Å²) in [5.74, 6) is 2.16. The molecule has 8 heteroatoms. The number of benzene rings is 1. The monoisotopic (exact) mass is 458 g/mol. The van der Waals surface area contributed by atoms with Crippen LogP contribution in [0.5, 0.6) is 5.75 Å². The van der Waals surface area contributed by atoms with Crippen molar-refractivity contribution in [1.29, 1.82) is 0 Å². The van der Waals surface area contributed by atoms with Gasteiger partial charge in [-0.05, 0) is 67.9 Å². The zero-order chi connectivity index (χ0) is 22.6. The van der Waals surface area contributed by atoms with E-state index in [0.29, 0.717) is 23.5 Å². The van der Waals surface area contributed by atoms with Crippen molar-refractivity contribution in [3.05, 3.63) is 42.2 Å². The molecule has 0 bridgehead atoms. The van der Waals surface area contributed by atoms with Gasteiger partial charge in [0.25, 0.3) is 0 Å². The van der Waals surface area contributed by atoms with Crippen molar-refractivity contribution in [2.24, 2.45) is 5.92 Å². The number of aryl methyl sites for hydroxylation is 1. The molecule has 1 aliphatic carbocycles. The summed E-state index contributed by atoms with van der Waals surface area (Å²) in [5, 5.41) is 0. The normalized spacial score (nSPS) is 22.6. The number of nitrogens with zero attached hydrogens (tertiary/aromatic N) is 4. The van der Waals surface area contributed by atoms with Gasteiger partial charge < -0.3 is 9.64 Å². The number of hydrogen-bond acceptors (Lipinski definition) is 7. The van der Waals surface area contributed by atoms with Gasteiger partial charge in [0.05, 0.1) is 11.5 Å². The molecule has 174 valence electrons. The summed E-state index contributed by atoms with van der Waals surface area (Å²) < 4.78 is 29.1. The number of hydrogen-bond donors (Lipinski definition) is 0. The molecule has 1 saturated carbocycles. The van der Waals surface area contributed by atoms with Crippen molar-refractivity contribution < 1.29 is 13.2 Å². The standard InChI is InChI=1S/C24H34N4O3S/c1-3-19-16-25-24(26-17-19)28-14-12-27(13-15-28)21-6-4-20(5-7-21)18-31-22-8-10-23(11-9-22)32(2,29)30/h8-11,16-17,20-21H,3-7,12-15,18H2,1-2H3/t20-,21-. The predicted molar refractivity (Wildman–Crippen MR) is 126 cm³/mol. The highest BCUT2D eigenvalue weighted by atomic mass is 32.2. The quantitative estimate of drug-likeness (QED) is 0.631. The van der Waals surface area contributed by atoms with Crippen LogP contribution in [0.1, 0.15) is 38.2 Å². The Balaban J connectivity index is 1.19. The summed E-state index contributed by atoms with van der Waals surface area (Å²) in [6, 6.07) is 7.39. The lowest BCUT2D eigenvalue weighted by molar-refractivity contribution is 0.111. The first-order chi connectivity index (χ1) is 15.4. The lowest BCUT2D eigenvalue weighted by atomic mass is 9.85. The molecule has 1 aliphatic heterocycles. The molecular formula is C24H34N4O3S. The highest BCUT2D eigenvalue weighted by Gasteiger charge is 2.29. The molecule has 0 amide bonds. The van der Waals surface area contributed by atoms with Crippen LogP contribution in [0, 0.1) is 5.92 Å². The molecule has 1 aromatic carbocycles. The summed E-state index contributed by atoms with van der Waals surface area (Å²) in [6.45, 7) is 6.92. The summed E-state index contributed by atoms with van der Waals surface area (Å²) in [4.78, 5) is 14.3. The van der Waals surface area contributed by atoms with Crippen molar-refractivity contribution in [1.82, 2.24) is 14.9 Å². The van der Waals surface area contributed by atoms with Crippen molar-refractivity contribution in [3.8, 4) is 5.75 Å². The Morgan fingerprint density at radius 1 is 0.969 bits per heavy atom. The van der Waals surface area contributed by atoms with Gasteiger partial charge in [0.1, 0.15) is 5.75 Å². The minimum atomic E-state index is -3.16. The Morgan fingerprint density at radius 3 is 2.16 bits per heavy atom. The number of piperazine rings is 1. The second-order valence-corrected chi connectivity index (χ2v) is 11.0. The van der Waals surface area contributed by atoms with Gasteiger partial charge >= 0.3 is 0 Å². The van der Waals surface area contributed by atoms with E-state index in [9.17, 15) is 8.42 Å². The van der Waals surface area contributed by atoms with E-state index >= 15 is 0 Å². The van der Waals surface area contributed by atoms with E-state index in [1.165, 1.54) is 37.5 Å². The van der Waals surface area contributed by atoms with Crippen LogP contribution in [0.2, 0.25) is 0 Å². The van der Waals surface area contributed by atoms with Gasteiger partial charge in [-0.3, -0.25) is 4.90 Å². The Bertz CT molecular complexity index is 963. The summed E-state index contributed by atoms with van der Waals surface area (Å²) in [5.41, 5.74) is 1.18. The fourth-order valence-electron chi connectivity index (χ4n) is 4.65. The topological polar surface area (TPSA) is 75.6 Å². The van der Waals surface area contributed by atoms with Crippen LogP contribution < -0.4 is 9.64 Å². The van der Waals surface area contributed by atoms with E-state index in [-0.39, 0.29) is 0 Å². The molecule has 0 radical (unpaired) electrons. The number of aromatic nitrogens is 2. The molecule has 7 nitrogen and oxygen atoms in total. The Hall–Kier alpha value is -2.19. The first-order valence-corrected chi connectivity index (χ1v) is 13.5. The lowest BCUT2D eigenvalue weighted by Crippen LogP contribution is -2.51. The first kappa shape index (κ1) is 23.0. The average Bonchev–Trinajstić information content (AvgIpc) is 2.83. The molecule has 4 rings (SSSR count). The van der Waals surface area contributed by atoms with Gasteiger partial charge in [-0.25, -0.2) is 18.4 Å². The maximum Gasteiger partial charge on any atom is 0.225 e. The van der Waals surface area contributed by atoms with E-state index in [1.807, 2.05) is 12.4 Å². The molecule has 1 aromatic heterocycles. The van der Waals surface area contributed by atoms with Crippen LogP contribution in [0.15, 0.2) is 41.6 Å². The molecule has 2 heterocycles. The highest BCUT2D eigenvalue weighted by molar-refractivity contribution is 7.90. The van der Waals surface area contributed by atoms with Crippen molar-refractivity contribution in [3.63, 3.8) is 0 Å². The van der Waals surface area contributed by atoms with E-state index < -0.39 is 9.84 Å². The van der Waals surface area contributed by atoms with Crippen LogP contribution in [-0.2, 0) is 16.3 Å². The molecular weight excluding hydrogens is 424 g/mol. The number of sulfone groups is 1. The Kier molecular flexibility index (Phi) is 7.30. The van der Waals surface area contributed by atoms with Gasteiger partial charge in [0.15, 0.2) is 9.84 Å². The van der Waals surface area contributed by atoms with Crippen molar-refractivity contribution in [2.75, 3.05) is 43.9 Å². The van der Waals surface area contributed by atoms with E-state index in [1.54, 1.807) is 24.3 Å². The van der Waals surface area contributed by atoms with Crippen LogP contribution in [0.3, 0.4) is 0 Å². The predicted octanol–water partition coefficient (Wildman–Crippen LogP) is 3.20. The van der Waals surface area contributed by atoms with Gasteiger partial charge in [-0.2, -0.15) is 0 Å². The van der Waals surface area contributed by atoms with Gasteiger partial charge in [0.2, 0.25) is 5.95 Å². The Labute approximate surface area is 191 Å². The third-order valence-corrected chi connectivity index (χ3v) is 7.90. The van der Waals surface area contributed by atoms with Gasteiger partial charge in [0, 0.05) is 50.9 Å². The number of rotatable bonds is 7. The first-order valence-electron chi connectivity index (χ1n) is 11.6. The molecule has 0 atom stereocenters. The molecule has 0 N–H and O–H groups in total. The summed E-state index contributed by atoms with van der Waals surface area (Å²) in [6.07, 6.45) is 10.8. The van der Waals surface area contributed by atoms with Crippen LogP contribution in [-0.4, -0.2) is 68.4 Å². The SMILES string of the molecule is CCc1cnc(N2CCN([C@H]3CC[C@H](COc4ccc(S(C)(=O)=O)cc4)CC3)CC2)nc1. The van der Waals surface area contributed by atoms with Gasteiger partial charge in [-0.1, -0.05) is 6.92 Å². The third kappa shape index (κ3) is 5.78. The van der Waals surface area contributed by atoms with Crippen molar-refractivity contribution >= 4 is 15.8 Å². The number of ether oxygens (including phenoxy) is 1. The molecule has 2 aliphatic rings. The molecule has 2 fully saturated rings. The Morgan fingerprint density at radius 2 is 1.59 bits per heavy atom. The molecule has 1 saturated heterocycles. The zero-order valence-corrected chi connectivity index (χ0v) is 19.9. The molecule has 2 aromatic rings. The summed E-state index contributed by atoms with van der Waals surface area (Å²) >= 11 is 0. The average molecular weight is 459 g/mol. The number of anilines is 1. The van der Waals surface area contributed by atoms with Gasteiger partial charge in [-0.15, -0.1) is 0 Å². The fourth-order valence-corrected chi connectivity index (χ4v) is 5.29. The van der Waals surface area contributed by atoms with E-state index in [4.69, 9.17) is 4.74 Å². The second kappa shape index (κ2) is 10.2. The zero-order valence-electron chi connectivity index (χ0n) is 19.1. The van der Waals surface area contributed by atoms with E-state index in [2.05, 4.69) is 26.7 Å². The maximum absolute atomic E-state index is 11.6. The second-order valence-electron chi connectivity index (χ2n) is 9.00. The van der Waals surface area contributed by atoms with Crippen LogP contribution in [0.25, 0.3) is 0 Å². The largest absolute Gasteiger partial charge is 0.493 e. The molecule has 32 heavy (non-hydrogen) atoms. The third-order valence-electron chi connectivity index (χ3n) is 6.77. The smallest absolute Gasteiger partial charge is 0.225 e. The highest BCUT2D eigenvalue weighted by Crippen LogP contribution is 2.29. The maximum atomic E-state index is 11.6. The minimum absolute atomic E-state index is 0.329.